The Labute approximate surface area is 780 Å². The Morgan fingerprint density at radius 3 is 1.27 bits per heavy atom. The van der Waals surface area contributed by atoms with Crippen LogP contribution >= 0.6 is 0 Å². The van der Waals surface area contributed by atoms with Crippen LogP contribution in [0, 0.1) is 0 Å². The molecular formula is C100H103N27O9. The number of ether oxygens (including phenoxy) is 3. The Hall–Kier alpha value is -15.4. The van der Waals surface area contributed by atoms with Crippen molar-refractivity contribution in [1.29, 1.82) is 0 Å². The van der Waals surface area contributed by atoms with Crippen molar-refractivity contribution in [2.75, 3.05) is 159 Å². The average Bonchev–Trinajstić information content (AvgIpc) is 1.60. The molecule has 24 rings (SSSR count). The Bertz CT molecular complexity index is 7230. The van der Waals surface area contributed by atoms with Crippen LogP contribution in [-0.2, 0) is 34.0 Å². The highest BCUT2D eigenvalue weighted by Gasteiger charge is 2.34. The smallest absolute Gasteiger partial charge is 0.278 e. The van der Waals surface area contributed by atoms with Gasteiger partial charge >= 0.3 is 0 Å². The zero-order chi connectivity index (χ0) is 92.3. The van der Waals surface area contributed by atoms with Crippen LogP contribution in [-0.4, -0.2) is 235 Å². The first-order valence-corrected chi connectivity index (χ1v) is 46.8. The number of piperazine rings is 2. The number of likely N-dealkylation sites (N-methyl/N-ethyl adjacent to an activating group) is 2. The summed E-state index contributed by atoms with van der Waals surface area (Å²) in [6.45, 7) is 17.7. The van der Waals surface area contributed by atoms with Crippen LogP contribution in [0.25, 0.3) is 82.9 Å². The number of anilines is 11. The lowest BCUT2D eigenvalue weighted by molar-refractivity contribution is -0.122. The van der Waals surface area contributed by atoms with E-state index in [4.69, 9.17) is 44.2 Å². The van der Waals surface area contributed by atoms with E-state index in [0.29, 0.717) is 154 Å². The molecule has 3 saturated heterocycles. The SMILES string of the molecule is CC(C)N1CCC(n2ncc3cc(Nc4ncc5c(=O)n6n(c5n4)-c4ccc5c(c4)N(CCCC=CC6)C(=O)CO5)ccc32)CC1.CN1CCN(c2ccc3cc(Nc4ncc5c(=O)n6n(c5n4)-c4ccc5c(c4)N(CCCC=CC6)C(=O)CO5)ccc3n2)CC1.CN1CCN(c2cnc3cc(Nc4ncc5c(=O)n6n(c5n4)-c4ccc5c(c4)N(CCCC=CC6)C(=O)CO5)ccc3c2)CC1. The lowest BCUT2D eigenvalue weighted by atomic mass is 10.0. The lowest BCUT2D eigenvalue weighted by Crippen LogP contribution is -2.44. The van der Waals surface area contributed by atoms with Gasteiger partial charge in [-0.25, -0.2) is 48.0 Å². The van der Waals surface area contributed by atoms with Gasteiger partial charge in [0.15, 0.2) is 36.8 Å². The molecule has 36 heteroatoms. The molecule has 6 bridgehead atoms. The Balaban J connectivity index is 0.000000118. The van der Waals surface area contributed by atoms with Crippen LogP contribution in [0.1, 0.15) is 71.3 Å². The molecular weight excluding hydrogens is 1720 g/mol. The monoisotopic (exact) mass is 1830 g/mol. The molecule has 15 aromatic rings. The van der Waals surface area contributed by atoms with Gasteiger partial charge in [-0.05, 0) is 201 Å². The molecule has 6 aromatic carbocycles. The van der Waals surface area contributed by atoms with E-state index in [9.17, 15) is 28.8 Å². The molecule has 9 aliphatic heterocycles. The molecule has 0 atom stereocenters. The Morgan fingerprint density at radius 2 is 0.801 bits per heavy atom. The zero-order valence-electron chi connectivity index (χ0n) is 76.1. The van der Waals surface area contributed by atoms with Gasteiger partial charge in [0.05, 0.1) is 94.4 Å². The summed E-state index contributed by atoms with van der Waals surface area (Å²) in [5.41, 5.74) is 11.5. The fourth-order valence-electron chi connectivity index (χ4n) is 19.5. The van der Waals surface area contributed by atoms with Crippen molar-refractivity contribution >= 4 is 147 Å². The number of benzene rings is 6. The topological polar surface area (TPSA) is 343 Å². The van der Waals surface area contributed by atoms with Crippen molar-refractivity contribution < 1.29 is 28.6 Å². The van der Waals surface area contributed by atoms with E-state index in [1.165, 1.54) is 0 Å². The van der Waals surface area contributed by atoms with Gasteiger partial charge in [0, 0.05) is 143 Å². The minimum absolute atomic E-state index is 0.0172. The van der Waals surface area contributed by atoms with Crippen molar-refractivity contribution in [2.24, 2.45) is 0 Å². The number of piperidine rings is 1. The maximum atomic E-state index is 13.6. The van der Waals surface area contributed by atoms with Crippen LogP contribution in [0.4, 0.5) is 63.5 Å². The van der Waals surface area contributed by atoms with Crippen molar-refractivity contribution in [3.8, 4) is 34.3 Å². The van der Waals surface area contributed by atoms with Gasteiger partial charge in [-0.15, -0.1) is 0 Å². The second kappa shape index (κ2) is 36.5. The molecule has 692 valence electrons. The molecule has 0 unspecified atom stereocenters. The standard InChI is InChI=1S/C34H37N9O3.2C33H33N9O3/c1-22(2)39-15-11-25(12-16-39)42-28-9-7-24(17-23(28)19-36-42)37-34-35-20-27-32(38-34)43-26-8-10-30-29(18-26)40(31(44)21-46-30)13-5-3-4-6-14-41(43)33(27)45;1-38-14-16-39(17-15-38)29-11-6-22-18-23(7-9-26(22)36-29)35-33-34-20-25-31(37-33)42-24-8-10-28-27(19-24)40(30(43)21-45-28)12-4-2-3-5-13-41(42)32(25)44;1-38-12-14-39(15-13-38)25-16-22-6-7-23(17-27(22)34-19-25)36-33-35-20-26-31(37-33)42-24-8-9-29-28(18-24)40(30(43)21-45-29)10-4-2-3-5-11-41(42)32(26)44/h4,6-10,17-20,22,25H,3,5,11-16,21H2,1-2H3,(H,35,37,38);3,5-11,18-20H,2,4,12-17,21H2,1H3,(H,34,35,37);3,5-9,16-20H,2,4,10-15,21H2,1H3,(H,35,36,37). The zero-order valence-corrected chi connectivity index (χ0v) is 76.1. The van der Waals surface area contributed by atoms with Crippen LogP contribution < -0.4 is 71.3 Å². The highest BCUT2D eigenvalue weighted by atomic mass is 16.5. The number of carbonyl (C=O) groups excluding carboxylic acids is 3. The summed E-state index contributed by atoms with van der Waals surface area (Å²) in [5, 5.41) is 19.1. The van der Waals surface area contributed by atoms with Crippen molar-refractivity contribution in [3.63, 3.8) is 0 Å². The fourth-order valence-corrected chi connectivity index (χ4v) is 19.5. The van der Waals surface area contributed by atoms with Crippen molar-refractivity contribution in [3.05, 3.63) is 226 Å². The number of likely N-dealkylation sites (tertiary alicyclic amines) is 1. The first-order chi connectivity index (χ1) is 66.5. The number of amides is 3. The van der Waals surface area contributed by atoms with Crippen LogP contribution in [0.3, 0.4) is 0 Å². The summed E-state index contributed by atoms with van der Waals surface area (Å²) in [5.74, 6) is 3.81. The molecule has 3 fully saturated rings. The largest absolute Gasteiger partial charge is 0.482 e. The first kappa shape index (κ1) is 86.0. The number of rotatable bonds is 10. The van der Waals surface area contributed by atoms with Gasteiger partial charge in [0.25, 0.3) is 34.4 Å². The molecule has 0 saturated carbocycles. The Morgan fingerprint density at radius 1 is 0.375 bits per heavy atom. The minimum atomic E-state index is -0.189. The third-order valence-electron chi connectivity index (χ3n) is 27.0. The van der Waals surface area contributed by atoms with E-state index in [-0.39, 0.29) is 54.2 Å². The molecule has 3 N–H and O–H groups in total. The van der Waals surface area contributed by atoms with Gasteiger partial charge in [-0.1, -0.05) is 42.5 Å². The van der Waals surface area contributed by atoms with Gasteiger partial charge in [-0.2, -0.15) is 20.1 Å². The van der Waals surface area contributed by atoms with E-state index in [0.717, 1.165) is 178 Å². The summed E-state index contributed by atoms with van der Waals surface area (Å²) in [4.78, 5) is 134. The fraction of sp³-hybridized carbons (Fsp3) is 0.330. The highest BCUT2D eigenvalue weighted by molar-refractivity contribution is 6.01. The quantitative estimate of drug-likeness (QED) is 0.107. The number of fused-ring (bicyclic) bond motifs is 18. The van der Waals surface area contributed by atoms with E-state index in [2.05, 4.69) is 137 Å². The molecule has 36 nitrogen and oxygen atoms in total. The van der Waals surface area contributed by atoms with Crippen LogP contribution in [0.15, 0.2) is 209 Å². The van der Waals surface area contributed by atoms with E-state index in [1.54, 1.807) is 56.7 Å². The number of aromatic nitrogens is 16. The molecule has 0 radical (unpaired) electrons. The summed E-state index contributed by atoms with van der Waals surface area (Å²) in [6.07, 6.45) is 27.7. The normalized spacial score (nSPS) is 17.3. The predicted molar refractivity (Wildman–Crippen MR) is 526 cm³/mol. The van der Waals surface area contributed by atoms with Gasteiger partial charge < -0.3 is 69.4 Å². The molecule has 9 aliphatic rings. The number of hydrogen-bond acceptors (Lipinski definition) is 26. The van der Waals surface area contributed by atoms with E-state index < -0.39 is 0 Å². The third-order valence-corrected chi connectivity index (χ3v) is 27.0. The summed E-state index contributed by atoms with van der Waals surface area (Å²) in [6, 6.07) is 42.4. The predicted octanol–water partition coefficient (Wildman–Crippen LogP) is 12.2. The molecule has 18 heterocycles. The number of pyridine rings is 2. The number of nitrogens with zero attached hydrogens (tertiary/aromatic N) is 24. The van der Waals surface area contributed by atoms with E-state index >= 15 is 0 Å². The second-order valence-corrected chi connectivity index (χ2v) is 36.0. The molecule has 0 spiro atoms. The first-order valence-electron chi connectivity index (χ1n) is 46.8. The lowest BCUT2D eigenvalue weighted by Gasteiger charge is -2.34. The molecule has 0 aliphatic carbocycles. The summed E-state index contributed by atoms with van der Waals surface area (Å²) in [7, 11) is 4.30. The average molecular weight is 1830 g/mol. The Kier molecular flexibility index (Phi) is 23.1. The summed E-state index contributed by atoms with van der Waals surface area (Å²) >= 11 is 0. The van der Waals surface area contributed by atoms with Gasteiger partial charge in [-0.3, -0.25) is 38.4 Å². The molecule has 9 aromatic heterocycles. The maximum absolute atomic E-state index is 13.6. The van der Waals surface area contributed by atoms with Gasteiger partial charge in [0.1, 0.15) is 39.2 Å². The number of carbonyl (C=O) groups is 3. The summed E-state index contributed by atoms with van der Waals surface area (Å²) < 4.78 is 29.7. The second-order valence-electron chi connectivity index (χ2n) is 36.0. The van der Waals surface area contributed by atoms with Crippen LogP contribution in [0.2, 0.25) is 0 Å². The highest BCUT2D eigenvalue weighted by Crippen LogP contribution is 2.41. The number of allylic oxidation sites excluding steroid dienone is 6. The van der Waals surface area contributed by atoms with Crippen molar-refractivity contribution in [1.82, 2.24) is 92.4 Å². The van der Waals surface area contributed by atoms with Crippen LogP contribution in [0.5, 0.6) is 17.2 Å². The molecule has 136 heavy (non-hydrogen) atoms. The van der Waals surface area contributed by atoms with Crippen molar-refractivity contribution in [2.45, 2.75) is 96.9 Å². The third kappa shape index (κ3) is 16.8. The number of nitrogens with one attached hydrogen (secondary N) is 3. The van der Waals surface area contributed by atoms with Gasteiger partial charge in [0.2, 0.25) is 17.8 Å². The van der Waals surface area contributed by atoms with E-state index in [1.807, 2.05) is 132 Å². The molecule has 3 amide bonds. The maximum Gasteiger partial charge on any atom is 0.278 e. The number of hydrogen-bond donors (Lipinski definition) is 3. The minimum Gasteiger partial charge on any atom is -0.482 e.